The van der Waals surface area contributed by atoms with E-state index in [1.54, 1.807) is 18.2 Å². The molecule has 3 rings (SSSR count). The molecule has 9 heteroatoms. The minimum atomic E-state index is -1.46. The summed E-state index contributed by atoms with van der Waals surface area (Å²) in [5.74, 6) is -0.616. The molecule has 2 aromatic carbocycles. The molecule has 0 atom stereocenters. The van der Waals surface area contributed by atoms with Crippen molar-refractivity contribution in [1.29, 1.82) is 0 Å². The lowest BCUT2D eigenvalue weighted by molar-refractivity contribution is -0.255. The van der Waals surface area contributed by atoms with Crippen molar-refractivity contribution >= 4 is 28.5 Å². The average molecular weight is 399 g/mol. The molecule has 0 fully saturated rings. The number of H-pyrrole nitrogens is 1. The molecule has 0 saturated carbocycles. The van der Waals surface area contributed by atoms with E-state index in [2.05, 4.69) is 10.3 Å². The van der Waals surface area contributed by atoms with Crippen molar-refractivity contribution in [2.24, 2.45) is 0 Å². The molecule has 29 heavy (non-hydrogen) atoms. The Morgan fingerprint density at radius 2 is 1.59 bits per heavy atom. The molecule has 9 nitrogen and oxygen atoms in total. The zero-order valence-electron chi connectivity index (χ0n) is 16.2. The predicted molar refractivity (Wildman–Crippen MR) is 103 cm³/mol. The number of benzene rings is 2. The molecule has 0 spiro atoms. The van der Waals surface area contributed by atoms with Gasteiger partial charge in [-0.25, -0.2) is 0 Å². The first-order valence-corrected chi connectivity index (χ1v) is 8.45. The molecule has 2 N–H and O–H groups in total. The molecule has 0 aliphatic carbocycles. The summed E-state index contributed by atoms with van der Waals surface area (Å²) in [5.41, 5.74) is 0.498. The number of hydrogen-bond donors (Lipinski definition) is 2. The molecule has 0 saturated heterocycles. The highest BCUT2D eigenvalue weighted by atomic mass is 16.5. The van der Waals surface area contributed by atoms with E-state index in [0.717, 1.165) is 0 Å². The van der Waals surface area contributed by atoms with Crippen LogP contribution in [0.3, 0.4) is 0 Å². The summed E-state index contributed by atoms with van der Waals surface area (Å²) in [6.45, 7) is 0. The highest BCUT2D eigenvalue weighted by Crippen LogP contribution is 2.39. The first-order valence-electron chi connectivity index (χ1n) is 8.45. The third-order valence-corrected chi connectivity index (χ3v) is 4.38. The fraction of sp³-hybridized carbons (Fsp3) is 0.200. The third-order valence-electron chi connectivity index (χ3n) is 4.38. The Morgan fingerprint density at radius 3 is 2.10 bits per heavy atom. The number of hydrogen-bond acceptors (Lipinski definition) is 7. The van der Waals surface area contributed by atoms with Gasteiger partial charge in [0.1, 0.15) is 5.75 Å². The number of ether oxygens (including phenoxy) is 4. The molecule has 1 amide bonds. The van der Waals surface area contributed by atoms with Crippen LogP contribution in [0.25, 0.3) is 10.9 Å². The van der Waals surface area contributed by atoms with Gasteiger partial charge in [-0.2, -0.15) is 0 Å². The summed E-state index contributed by atoms with van der Waals surface area (Å²) < 4.78 is 20.9. The fourth-order valence-electron chi connectivity index (χ4n) is 2.98. The van der Waals surface area contributed by atoms with E-state index < -0.39 is 11.9 Å². The maximum Gasteiger partial charge on any atom is 0.256 e. The van der Waals surface area contributed by atoms with Gasteiger partial charge in [0, 0.05) is 16.5 Å². The lowest BCUT2D eigenvalue weighted by atomic mass is 10.1. The first kappa shape index (κ1) is 19.9. The van der Waals surface area contributed by atoms with E-state index in [9.17, 15) is 14.7 Å². The van der Waals surface area contributed by atoms with Crippen LogP contribution in [-0.2, 0) is 0 Å². The van der Waals surface area contributed by atoms with Gasteiger partial charge in [0.05, 0.1) is 45.8 Å². The summed E-state index contributed by atoms with van der Waals surface area (Å²) in [6, 6.07) is 7.86. The topological polar surface area (TPSA) is 122 Å². The van der Waals surface area contributed by atoms with Gasteiger partial charge < -0.3 is 39.1 Å². The van der Waals surface area contributed by atoms with Crippen molar-refractivity contribution in [3.05, 3.63) is 41.6 Å². The van der Waals surface area contributed by atoms with Crippen molar-refractivity contribution in [1.82, 2.24) is 4.98 Å². The lowest BCUT2D eigenvalue weighted by Crippen LogP contribution is -2.25. The lowest BCUT2D eigenvalue weighted by Gasteiger charge is -2.14. The SMILES string of the molecule is COc1ccc2[nH]c(C(=O)[O-])c(NC(=O)c3cc(OC)c(OC)c(OC)c3)c2c1. The highest BCUT2D eigenvalue weighted by Gasteiger charge is 2.20. The number of fused-ring (bicyclic) bond motifs is 1. The summed E-state index contributed by atoms with van der Waals surface area (Å²) in [5, 5.41) is 14.7. The largest absolute Gasteiger partial charge is 0.543 e. The molecule has 152 valence electrons. The summed E-state index contributed by atoms with van der Waals surface area (Å²) in [4.78, 5) is 27.2. The second-order valence-corrected chi connectivity index (χ2v) is 5.94. The van der Waals surface area contributed by atoms with Crippen LogP contribution >= 0.6 is 0 Å². The Balaban J connectivity index is 2.08. The van der Waals surface area contributed by atoms with Gasteiger partial charge in [0.2, 0.25) is 5.75 Å². The van der Waals surface area contributed by atoms with Gasteiger partial charge in [-0.05, 0) is 30.3 Å². The minimum absolute atomic E-state index is 0.0673. The monoisotopic (exact) mass is 399 g/mol. The Morgan fingerprint density at radius 1 is 0.931 bits per heavy atom. The van der Waals surface area contributed by atoms with Crippen molar-refractivity contribution in [3.8, 4) is 23.0 Å². The number of nitrogens with one attached hydrogen (secondary N) is 2. The molecule has 0 aliphatic heterocycles. The predicted octanol–water partition coefficient (Wildman–Crippen LogP) is 1.82. The van der Waals surface area contributed by atoms with E-state index in [4.69, 9.17) is 18.9 Å². The first-order chi connectivity index (χ1) is 13.9. The van der Waals surface area contributed by atoms with Crippen LogP contribution in [0.2, 0.25) is 0 Å². The number of carboxylic acid groups (broad SMARTS) is 1. The number of methoxy groups -OCH3 is 4. The van der Waals surface area contributed by atoms with Crippen LogP contribution in [0.5, 0.6) is 23.0 Å². The van der Waals surface area contributed by atoms with Crippen LogP contribution in [0.15, 0.2) is 30.3 Å². The second-order valence-electron chi connectivity index (χ2n) is 5.94. The van der Waals surface area contributed by atoms with Crippen LogP contribution < -0.4 is 29.4 Å². The summed E-state index contributed by atoms with van der Waals surface area (Å²) in [6.07, 6.45) is 0. The number of carbonyl (C=O) groups excluding carboxylic acids is 2. The quantitative estimate of drug-likeness (QED) is 0.621. The maximum atomic E-state index is 12.9. The number of aromatic nitrogens is 1. The van der Waals surface area contributed by atoms with Gasteiger partial charge in [-0.15, -0.1) is 0 Å². The molecule has 0 radical (unpaired) electrons. The minimum Gasteiger partial charge on any atom is -0.543 e. The smallest absolute Gasteiger partial charge is 0.256 e. The van der Waals surface area contributed by atoms with E-state index >= 15 is 0 Å². The molecular weight excluding hydrogens is 380 g/mol. The number of rotatable bonds is 7. The van der Waals surface area contributed by atoms with Gasteiger partial charge in [0.15, 0.2) is 11.5 Å². The van der Waals surface area contributed by atoms with E-state index in [0.29, 0.717) is 22.4 Å². The van der Waals surface area contributed by atoms with E-state index in [1.807, 2.05) is 0 Å². The number of carbonyl (C=O) groups is 2. The normalized spacial score (nSPS) is 10.5. The number of amides is 1. The molecule has 0 unspecified atom stereocenters. The summed E-state index contributed by atoms with van der Waals surface area (Å²) >= 11 is 0. The number of aromatic amines is 1. The van der Waals surface area contributed by atoms with Gasteiger partial charge in [-0.1, -0.05) is 0 Å². The van der Waals surface area contributed by atoms with Crippen LogP contribution in [0.1, 0.15) is 20.8 Å². The average Bonchev–Trinajstić information content (AvgIpc) is 3.10. The summed E-state index contributed by atoms with van der Waals surface area (Å²) in [7, 11) is 5.80. The standard InChI is InChI=1S/C20H20N2O7/c1-26-11-5-6-13-12(9-11)16(17(21-13)20(24)25)22-19(23)10-7-14(27-2)18(29-4)15(8-10)28-3/h5-9,21H,1-4H3,(H,22,23)(H,24,25)/p-1. The Labute approximate surface area is 166 Å². The molecule has 1 heterocycles. The van der Waals surface area contributed by atoms with Crippen LogP contribution in [0, 0.1) is 0 Å². The fourth-order valence-corrected chi connectivity index (χ4v) is 2.98. The molecule has 0 bridgehead atoms. The Kier molecular flexibility index (Phi) is 5.49. The molecule has 0 aliphatic rings. The Hall–Kier alpha value is -3.88. The Bertz CT molecular complexity index is 1060. The van der Waals surface area contributed by atoms with Gasteiger partial charge in [0.25, 0.3) is 5.91 Å². The number of aromatic carboxylic acids is 1. The van der Waals surface area contributed by atoms with Crippen molar-refractivity contribution < 1.29 is 33.6 Å². The maximum absolute atomic E-state index is 12.9. The van der Waals surface area contributed by atoms with Crippen LogP contribution in [0.4, 0.5) is 5.69 Å². The van der Waals surface area contributed by atoms with Gasteiger partial charge in [-0.3, -0.25) is 4.79 Å². The van der Waals surface area contributed by atoms with E-state index in [1.165, 1.54) is 40.6 Å². The zero-order chi connectivity index (χ0) is 21.1. The van der Waals surface area contributed by atoms with Crippen LogP contribution in [-0.4, -0.2) is 45.3 Å². The third kappa shape index (κ3) is 3.62. The van der Waals surface area contributed by atoms with Crippen molar-refractivity contribution in [2.75, 3.05) is 33.8 Å². The molecule has 1 aromatic heterocycles. The van der Waals surface area contributed by atoms with Crippen molar-refractivity contribution in [2.45, 2.75) is 0 Å². The second kappa shape index (κ2) is 8.01. The molecule has 3 aromatic rings. The van der Waals surface area contributed by atoms with Gasteiger partial charge >= 0.3 is 0 Å². The zero-order valence-corrected chi connectivity index (χ0v) is 16.2. The number of carboxylic acids is 1. The highest BCUT2D eigenvalue weighted by molar-refractivity contribution is 6.14. The van der Waals surface area contributed by atoms with E-state index in [-0.39, 0.29) is 28.4 Å². The molecular formula is C20H19N2O7-. The number of anilines is 1. The van der Waals surface area contributed by atoms with Crippen molar-refractivity contribution in [3.63, 3.8) is 0 Å².